The molecular weight excluding hydrogens is 303 g/mol. The minimum atomic E-state index is 0. The Hall–Kier alpha value is -0.420. The highest BCUT2D eigenvalue weighted by molar-refractivity contribution is 7.99. The summed E-state index contributed by atoms with van der Waals surface area (Å²) in [5.41, 5.74) is 6.62. The first-order valence-corrected chi connectivity index (χ1v) is 7.58. The zero-order valence-corrected chi connectivity index (χ0v) is 12.9. The van der Waals surface area contributed by atoms with Crippen LogP contribution in [0.3, 0.4) is 0 Å². The molecule has 1 aliphatic heterocycles. The lowest BCUT2D eigenvalue weighted by Crippen LogP contribution is -2.41. The van der Waals surface area contributed by atoms with Gasteiger partial charge in [-0.15, -0.1) is 12.4 Å². The summed E-state index contributed by atoms with van der Waals surface area (Å²) in [4.78, 5) is 14.0. The first-order valence-electron chi connectivity index (χ1n) is 6.05. The lowest BCUT2D eigenvalue weighted by molar-refractivity contribution is -0.132. The van der Waals surface area contributed by atoms with Crippen LogP contribution >= 0.6 is 35.8 Å². The molecule has 1 fully saturated rings. The van der Waals surface area contributed by atoms with E-state index in [4.69, 9.17) is 17.3 Å². The van der Waals surface area contributed by atoms with E-state index >= 15 is 0 Å². The molecular formula is C13H18Cl2N2OS. The summed E-state index contributed by atoms with van der Waals surface area (Å²) >= 11 is 7.78. The predicted octanol–water partition coefficient (Wildman–Crippen LogP) is 2.73. The monoisotopic (exact) mass is 320 g/mol. The second-order valence-electron chi connectivity index (χ2n) is 4.27. The van der Waals surface area contributed by atoms with Gasteiger partial charge in [-0.05, 0) is 17.7 Å². The van der Waals surface area contributed by atoms with Crippen molar-refractivity contribution in [2.75, 3.05) is 24.6 Å². The van der Waals surface area contributed by atoms with E-state index in [0.29, 0.717) is 13.0 Å². The van der Waals surface area contributed by atoms with E-state index in [0.717, 1.165) is 28.6 Å². The third-order valence-electron chi connectivity index (χ3n) is 3.06. The van der Waals surface area contributed by atoms with Crippen LogP contribution in [-0.2, 0) is 4.79 Å². The molecule has 0 radical (unpaired) electrons. The Labute approximate surface area is 129 Å². The van der Waals surface area contributed by atoms with Crippen LogP contribution in [-0.4, -0.2) is 35.4 Å². The van der Waals surface area contributed by atoms with Gasteiger partial charge in [0.25, 0.3) is 0 Å². The van der Waals surface area contributed by atoms with Gasteiger partial charge in [0.2, 0.25) is 5.91 Å². The average Bonchev–Trinajstić information content (AvgIpc) is 2.40. The summed E-state index contributed by atoms with van der Waals surface area (Å²) in [6.07, 6.45) is 0.425. The van der Waals surface area contributed by atoms with Gasteiger partial charge in [0.15, 0.2) is 0 Å². The van der Waals surface area contributed by atoms with Crippen molar-refractivity contribution in [1.29, 1.82) is 0 Å². The molecule has 1 aromatic rings. The van der Waals surface area contributed by atoms with Crippen LogP contribution in [0.1, 0.15) is 18.0 Å². The molecule has 0 bridgehead atoms. The molecule has 1 heterocycles. The highest BCUT2D eigenvalue weighted by Crippen LogP contribution is 2.30. The maximum absolute atomic E-state index is 12.1. The smallest absolute Gasteiger partial charge is 0.224 e. The topological polar surface area (TPSA) is 46.3 Å². The summed E-state index contributed by atoms with van der Waals surface area (Å²) in [5.74, 6) is 2.09. The van der Waals surface area contributed by atoms with Gasteiger partial charge in [-0.25, -0.2) is 0 Å². The molecule has 1 atom stereocenters. The number of carbonyl (C=O) groups is 1. The lowest BCUT2D eigenvalue weighted by atomic mass is 10.1. The minimum Gasteiger partial charge on any atom is -0.334 e. The van der Waals surface area contributed by atoms with E-state index in [-0.39, 0.29) is 24.4 Å². The van der Waals surface area contributed by atoms with Crippen molar-refractivity contribution in [2.24, 2.45) is 5.73 Å². The Morgan fingerprint density at radius 3 is 2.74 bits per heavy atom. The van der Waals surface area contributed by atoms with E-state index in [2.05, 4.69) is 0 Å². The first-order chi connectivity index (χ1) is 8.72. The van der Waals surface area contributed by atoms with Crippen LogP contribution in [0.25, 0.3) is 0 Å². The normalized spacial score (nSPS) is 18.8. The highest BCUT2D eigenvalue weighted by Gasteiger charge is 2.27. The largest absolute Gasteiger partial charge is 0.334 e. The number of halogens is 2. The molecule has 106 valence electrons. The number of rotatable bonds is 3. The molecule has 0 saturated carbocycles. The fourth-order valence-electron chi connectivity index (χ4n) is 2.13. The van der Waals surface area contributed by atoms with Gasteiger partial charge < -0.3 is 10.6 Å². The summed E-state index contributed by atoms with van der Waals surface area (Å²) in [6.45, 7) is 1.21. The summed E-state index contributed by atoms with van der Waals surface area (Å²) < 4.78 is 0. The second-order valence-corrected chi connectivity index (χ2v) is 5.85. The lowest BCUT2D eigenvalue weighted by Gasteiger charge is -2.35. The van der Waals surface area contributed by atoms with Crippen molar-refractivity contribution in [3.63, 3.8) is 0 Å². The fourth-order valence-corrected chi connectivity index (χ4v) is 3.34. The highest BCUT2D eigenvalue weighted by atomic mass is 35.5. The van der Waals surface area contributed by atoms with Crippen molar-refractivity contribution in [3.8, 4) is 0 Å². The molecule has 6 heteroatoms. The molecule has 1 amide bonds. The predicted molar refractivity (Wildman–Crippen MR) is 84.2 cm³/mol. The Bertz CT molecular complexity index is 414. The van der Waals surface area contributed by atoms with E-state index in [1.807, 2.05) is 40.9 Å². The third-order valence-corrected chi connectivity index (χ3v) is 4.34. The molecule has 0 aliphatic carbocycles. The third kappa shape index (κ3) is 4.28. The molecule has 2 N–H and O–H groups in total. The molecule has 1 aromatic carbocycles. The van der Waals surface area contributed by atoms with Crippen molar-refractivity contribution < 1.29 is 4.79 Å². The quantitative estimate of drug-likeness (QED) is 0.931. The number of carbonyl (C=O) groups excluding carboxylic acids is 1. The van der Waals surface area contributed by atoms with Crippen molar-refractivity contribution in [2.45, 2.75) is 12.5 Å². The molecule has 1 aliphatic rings. The number of amides is 1. The number of hydrogen-bond acceptors (Lipinski definition) is 3. The van der Waals surface area contributed by atoms with Crippen LogP contribution < -0.4 is 5.73 Å². The summed E-state index contributed by atoms with van der Waals surface area (Å²) in [6, 6.07) is 7.91. The first kappa shape index (κ1) is 16.6. The molecule has 19 heavy (non-hydrogen) atoms. The van der Waals surface area contributed by atoms with E-state index in [1.165, 1.54) is 0 Å². The van der Waals surface area contributed by atoms with Crippen LogP contribution in [0.4, 0.5) is 0 Å². The van der Waals surface area contributed by atoms with Gasteiger partial charge in [0, 0.05) is 36.0 Å². The van der Waals surface area contributed by atoms with Crippen molar-refractivity contribution >= 4 is 41.7 Å². The Morgan fingerprint density at radius 1 is 1.42 bits per heavy atom. The van der Waals surface area contributed by atoms with Crippen LogP contribution in [0.5, 0.6) is 0 Å². The zero-order chi connectivity index (χ0) is 13.0. The van der Waals surface area contributed by atoms with E-state index in [9.17, 15) is 4.79 Å². The number of benzene rings is 1. The fraction of sp³-hybridized carbons (Fsp3) is 0.462. The van der Waals surface area contributed by atoms with Gasteiger partial charge >= 0.3 is 0 Å². The van der Waals surface area contributed by atoms with E-state index < -0.39 is 0 Å². The maximum atomic E-state index is 12.1. The molecule has 1 unspecified atom stereocenters. The van der Waals surface area contributed by atoms with Crippen LogP contribution in [0.15, 0.2) is 24.3 Å². The number of thioether (sulfide) groups is 1. The zero-order valence-electron chi connectivity index (χ0n) is 10.5. The number of hydrogen-bond donors (Lipinski definition) is 1. The molecule has 3 nitrogen and oxygen atoms in total. The van der Waals surface area contributed by atoms with Gasteiger partial charge in [-0.2, -0.15) is 11.8 Å². The van der Waals surface area contributed by atoms with Crippen LogP contribution in [0, 0.1) is 0 Å². The minimum absolute atomic E-state index is 0. The van der Waals surface area contributed by atoms with Gasteiger partial charge in [-0.3, -0.25) is 4.79 Å². The van der Waals surface area contributed by atoms with Gasteiger partial charge in [-0.1, -0.05) is 23.7 Å². The van der Waals surface area contributed by atoms with Gasteiger partial charge in [0.05, 0.1) is 6.04 Å². The Balaban J connectivity index is 0.00000180. The number of nitrogens with zero attached hydrogens (tertiary/aromatic N) is 1. The number of nitrogens with two attached hydrogens (primary N) is 1. The Kier molecular flexibility index (Phi) is 7.00. The van der Waals surface area contributed by atoms with Crippen LogP contribution in [0.2, 0.25) is 5.02 Å². The van der Waals surface area contributed by atoms with E-state index in [1.54, 1.807) is 0 Å². The van der Waals surface area contributed by atoms with Gasteiger partial charge in [0.1, 0.15) is 0 Å². The van der Waals surface area contributed by atoms with Crippen molar-refractivity contribution in [3.05, 3.63) is 34.9 Å². The standard InChI is InChI=1S/C13H17ClN2OS.ClH/c14-11-3-1-10(2-4-11)12-9-18-8-7-16(12)13(17)5-6-15;/h1-4,12H,5-9,15H2;1H. The molecule has 2 rings (SSSR count). The maximum Gasteiger partial charge on any atom is 0.224 e. The second kappa shape index (κ2) is 8.00. The Morgan fingerprint density at radius 2 is 2.11 bits per heavy atom. The van der Waals surface area contributed by atoms with Crippen molar-refractivity contribution in [1.82, 2.24) is 4.90 Å². The molecule has 0 aromatic heterocycles. The average molecular weight is 321 g/mol. The summed E-state index contributed by atoms with van der Waals surface area (Å²) in [5, 5.41) is 0.724. The molecule has 1 saturated heterocycles. The SMILES string of the molecule is Cl.NCCC(=O)N1CCSCC1c1ccc(Cl)cc1. The molecule has 0 spiro atoms. The summed E-state index contributed by atoms with van der Waals surface area (Å²) in [7, 11) is 0.